The molecule has 27 heavy (non-hydrogen) atoms. The Labute approximate surface area is 159 Å². The number of nitrogens with one attached hydrogen (secondary N) is 1. The minimum absolute atomic E-state index is 0.0871. The molecular weight excluding hydrogens is 336 g/mol. The molecule has 5 heteroatoms. The van der Waals surface area contributed by atoms with E-state index < -0.39 is 0 Å². The molecule has 1 aliphatic rings. The molecule has 4 rings (SSSR count). The second kappa shape index (κ2) is 7.35. The van der Waals surface area contributed by atoms with Gasteiger partial charge in [0.15, 0.2) is 5.82 Å². The third kappa shape index (κ3) is 3.63. The molecule has 3 aromatic rings. The van der Waals surface area contributed by atoms with Crippen LogP contribution in [0.5, 0.6) is 0 Å². The Hall–Kier alpha value is -2.95. The van der Waals surface area contributed by atoms with Crippen LogP contribution in [0, 0.1) is 13.8 Å². The van der Waals surface area contributed by atoms with Gasteiger partial charge in [-0.15, -0.1) is 0 Å². The van der Waals surface area contributed by atoms with Crippen molar-refractivity contribution in [3.05, 3.63) is 71.3 Å². The molecule has 5 nitrogen and oxygen atoms in total. The average molecular weight is 360 g/mol. The number of carbonyl (C=O) groups excluding carboxylic acids is 1. The van der Waals surface area contributed by atoms with Gasteiger partial charge in [-0.3, -0.25) is 9.89 Å². The Morgan fingerprint density at radius 1 is 1.15 bits per heavy atom. The maximum absolute atomic E-state index is 13.3. The lowest BCUT2D eigenvalue weighted by Crippen LogP contribution is -2.39. The summed E-state index contributed by atoms with van der Waals surface area (Å²) in [6.45, 7) is 5.42. The van der Waals surface area contributed by atoms with Crippen LogP contribution in [0.25, 0.3) is 11.1 Å². The fraction of sp³-hybridized carbons (Fsp3) is 0.318. The topological polar surface area (TPSA) is 61.9 Å². The van der Waals surface area contributed by atoms with Gasteiger partial charge in [0.1, 0.15) is 5.82 Å². The number of aryl methyl sites for hydroxylation is 2. The average Bonchev–Trinajstić information content (AvgIpc) is 3.14. The Balaban J connectivity index is 1.61. The lowest BCUT2D eigenvalue weighted by atomic mass is 9.94. The molecule has 1 saturated heterocycles. The number of hydrogen-bond acceptors (Lipinski definition) is 3. The first kappa shape index (κ1) is 17.5. The van der Waals surface area contributed by atoms with E-state index in [-0.39, 0.29) is 11.8 Å². The molecule has 138 valence electrons. The summed E-state index contributed by atoms with van der Waals surface area (Å²) in [6, 6.07) is 16.2. The maximum Gasteiger partial charge on any atom is 0.254 e. The molecule has 1 aromatic heterocycles. The predicted molar refractivity (Wildman–Crippen MR) is 106 cm³/mol. The number of piperidine rings is 1. The second-order valence-electron chi connectivity index (χ2n) is 7.28. The van der Waals surface area contributed by atoms with Crippen molar-refractivity contribution in [1.29, 1.82) is 0 Å². The van der Waals surface area contributed by atoms with Crippen molar-refractivity contribution >= 4 is 5.91 Å². The number of rotatable bonds is 3. The molecule has 0 radical (unpaired) electrons. The van der Waals surface area contributed by atoms with Crippen LogP contribution in [0.1, 0.15) is 46.3 Å². The Morgan fingerprint density at radius 3 is 2.78 bits per heavy atom. The van der Waals surface area contributed by atoms with E-state index in [1.807, 2.05) is 42.2 Å². The highest BCUT2D eigenvalue weighted by Gasteiger charge is 2.28. The van der Waals surface area contributed by atoms with Crippen molar-refractivity contribution < 1.29 is 4.79 Å². The van der Waals surface area contributed by atoms with Crippen LogP contribution in [0.15, 0.2) is 48.5 Å². The zero-order chi connectivity index (χ0) is 18.8. The summed E-state index contributed by atoms with van der Waals surface area (Å²) in [4.78, 5) is 19.8. The van der Waals surface area contributed by atoms with E-state index in [9.17, 15) is 4.79 Å². The largest absolute Gasteiger partial charge is 0.338 e. The highest BCUT2D eigenvalue weighted by atomic mass is 16.2. The first-order chi connectivity index (χ1) is 13.1. The molecule has 1 N–H and O–H groups in total. The van der Waals surface area contributed by atoms with Gasteiger partial charge >= 0.3 is 0 Å². The van der Waals surface area contributed by atoms with E-state index in [1.165, 1.54) is 5.56 Å². The van der Waals surface area contributed by atoms with Crippen molar-refractivity contribution in [1.82, 2.24) is 20.1 Å². The SMILES string of the molecule is Cc1cccc(-c2ccccc2C(=O)N2CCC[C@H](c3n[nH]c(C)n3)C2)c1. The normalized spacial score (nSPS) is 17.1. The third-order valence-electron chi connectivity index (χ3n) is 5.17. The summed E-state index contributed by atoms with van der Waals surface area (Å²) < 4.78 is 0. The van der Waals surface area contributed by atoms with Gasteiger partial charge in [0.25, 0.3) is 5.91 Å². The maximum atomic E-state index is 13.3. The molecule has 1 fully saturated rings. The van der Waals surface area contributed by atoms with Crippen LogP contribution >= 0.6 is 0 Å². The van der Waals surface area contributed by atoms with Crippen LogP contribution in [0.2, 0.25) is 0 Å². The molecule has 2 aromatic carbocycles. The lowest BCUT2D eigenvalue weighted by molar-refractivity contribution is 0.0705. The minimum atomic E-state index is 0.0871. The fourth-order valence-corrected chi connectivity index (χ4v) is 3.82. The number of amides is 1. The number of nitrogens with zero attached hydrogens (tertiary/aromatic N) is 3. The molecule has 0 spiro atoms. The van der Waals surface area contributed by atoms with Crippen LogP contribution in [-0.2, 0) is 0 Å². The van der Waals surface area contributed by atoms with Gasteiger partial charge in [-0.1, -0.05) is 48.0 Å². The van der Waals surface area contributed by atoms with Gasteiger partial charge in [0.05, 0.1) is 0 Å². The number of benzene rings is 2. The Morgan fingerprint density at radius 2 is 2.00 bits per heavy atom. The number of likely N-dealkylation sites (tertiary alicyclic amines) is 1. The van der Waals surface area contributed by atoms with Crippen LogP contribution < -0.4 is 0 Å². The van der Waals surface area contributed by atoms with E-state index in [2.05, 4.69) is 40.3 Å². The summed E-state index contributed by atoms with van der Waals surface area (Å²) in [5.41, 5.74) is 4.02. The summed E-state index contributed by atoms with van der Waals surface area (Å²) in [6.07, 6.45) is 1.98. The number of carbonyl (C=O) groups is 1. The molecule has 0 saturated carbocycles. The van der Waals surface area contributed by atoms with Crippen molar-refractivity contribution in [2.75, 3.05) is 13.1 Å². The number of H-pyrrole nitrogens is 1. The van der Waals surface area contributed by atoms with Crippen molar-refractivity contribution in [3.8, 4) is 11.1 Å². The summed E-state index contributed by atoms with van der Waals surface area (Å²) in [5, 5.41) is 7.22. The highest BCUT2D eigenvalue weighted by Crippen LogP contribution is 2.29. The van der Waals surface area contributed by atoms with Gasteiger partial charge in [-0.2, -0.15) is 5.10 Å². The third-order valence-corrected chi connectivity index (χ3v) is 5.17. The Bertz CT molecular complexity index is 962. The van der Waals surface area contributed by atoms with E-state index >= 15 is 0 Å². The zero-order valence-corrected chi connectivity index (χ0v) is 15.8. The molecule has 0 unspecified atom stereocenters. The number of aromatic amines is 1. The van der Waals surface area contributed by atoms with E-state index in [0.717, 1.165) is 47.7 Å². The summed E-state index contributed by atoms with van der Waals surface area (Å²) in [7, 11) is 0. The number of aromatic nitrogens is 3. The molecule has 1 aliphatic heterocycles. The van der Waals surface area contributed by atoms with Crippen LogP contribution in [0.4, 0.5) is 0 Å². The zero-order valence-electron chi connectivity index (χ0n) is 15.8. The highest BCUT2D eigenvalue weighted by molar-refractivity contribution is 6.01. The summed E-state index contributed by atoms with van der Waals surface area (Å²) >= 11 is 0. The second-order valence-corrected chi connectivity index (χ2v) is 7.28. The molecule has 2 heterocycles. The number of hydrogen-bond donors (Lipinski definition) is 1. The monoisotopic (exact) mass is 360 g/mol. The van der Waals surface area contributed by atoms with Crippen molar-refractivity contribution in [2.45, 2.75) is 32.6 Å². The first-order valence-corrected chi connectivity index (χ1v) is 9.46. The van der Waals surface area contributed by atoms with Gasteiger partial charge in [0.2, 0.25) is 0 Å². The lowest BCUT2D eigenvalue weighted by Gasteiger charge is -2.32. The molecule has 1 amide bonds. The molecule has 0 aliphatic carbocycles. The predicted octanol–water partition coefficient (Wildman–Crippen LogP) is 4.11. The van der Waals surface area contributed by atoms with Crippen LogP contribution in [-0.4, -0.2) is 39.1 Å². The fourth-order valence-electron chi connectivity index (χ4n) is 3.82. The quantitative estimate of drug-likeness (QED) is 0.765. The van der Waals surface area contributed by atoms with Crippen LogP contribution in [0.3, 0.4) is 0 Å². The first-order valence-electron chi connectivity index (χ1n) is 9.46. The van der Waals surface area contributed by atoms with Crippen molar-refractivity contribution in [3.63, 3.8) is 0 Å². The van der Waals surface area contributed by atoms with Crippen molar-refractivity contribution in [2.24, 2.45) is 0 Å². The molecule has 0 bridgehead atoms. The van der Waals surface area contributed by atoms with E-state index in [4.69, 9.17) is 0 Å². The van der Waals surface area contributed by atoms with Gasteiger partial charge < -0.3 is 4.90 Å². The van der Waals surface area contributed by atoms with Gasteiger partial charge in [-0.25, -0.2) is 4.98 Å². The van der Waals surface area contributed by atoms with Gasteiger partial charge in [0, 0.05) is 24.6 Å². The smallest absolute Gasteiger partial charge is 0.254 e. The Kier molecular flexibility index (Phi) is 4.75. The standard InChI is InChI=1S/C22H24N4O/c1-15-7-5-8-17(13-15)19-10-3-4-11-20(19)22(27)26-12-6-9-18(14-26)21-23-16(2)24-25-21/h3-5,7-8,10-11,13,18H,6,9,12,14H2,1-2H3,(H,23,24,25)/t18-/m0/s1. The van der Waals surface area contributed by atoms with E-state index in [1.54, 1.807) is 0 Å². The van der Waals surface area contributed by atoms with Gasteiger partial charge in [-0.05, 0) is 43.9 Å². The molecular formula is C22H24N4O. The minimum Gasteiger partial charge on any atom is -0.338 e. The van der Waals surface area contributed by atoms with E-state index in [0.29, 0.717) is 6.54 Å². The summed E-state index contributed by atoms with van der Waals surface area (Å²) in [5.74, 6) is 1.91. The molecule has 1 atom stereocenters.